The van der Waals surface area contributed by atoms with Crippen molar-refractivity contribution in [3.05, 3.63) is 0 Å². The predicted octanol–water partition coefficient (Wildman–Crippen LogP) is 0.768. The van der Waals surface area contributed by atoms with Crippen molar-refractivity contribution >= 4 is 11.8 Å². The van der Waals surface area contributed by atoms with Crippen molar-refractivity contribution in [1.29, 1.82) is 0 Å². The zero-order valence-electron chi connectivity index (χ0n) is 12.4. The summed E-state index contributed by atoms with van der Waals surface area (Å²) in [7, 11) is 0. The number of carbonyl (C=O) groups is 2. The van der Waals surface area contributed by atoms with Gasteiger partial charge >= 0.3 is 0 Å². The minimum atomic E-state index is -0.610. The highest BCUT2D eigenvalue weighted by molar-refractivity contribution is 5.82. The summed E-state index contributed by atoms with van der Waals surface area (Å²) >= 11 is 0. The van der Waals surface area contributed by atoms with Crippen LogP contribution in [0.5, 0.6) is 0 Å². The van der Waals surface area contributed by atoms with Crippen LogP contribution in [0.25, 0.3) is 0 Å². The zero-order chi connectivity index (χ0) is 14.6. The molecule has 0 radical (unpaired) electrons. The lowest BCUT2D eigenvalue weighted by Crippen LogP contribution is -2.52. The highest BCUT2D eigenvalue weighted by Crippen LogP contribution is 2.19. The van der Waals surface area contributed by atoms with E-state index < -0.39 is 5.54 Å². The summed E-state index contributed by atoms with van der Waals surface area (Å²) in [5, 5.41) is 12.0. The lowest BCUT2D eigenvalue weighted by Gasteiger charge is -2.35. The van der Waals surface area contributed by atoms with E-state index in [2.05, 4.69) is 5.32 Å². The molecule has 5 nitrogen and oxygen atoms in total. The Hall–Kier alpha value is -1.10. The molecule has 0 aliphatic carbocycles. The van der Waals surface area contributed by atoms with E-state index in [1.807, 2.05) is 13.8 Å². The first-order valence-electron chi connectivity index (χ1n) is 6.98. The van der Waals surface area contributed by atoms with Gasteiger partial charge in [0.1, 0.15) is 0 Å². The van der Waals surface area contributed by atoms with E-state index in [0.717, 1.165) is 19.4 Å². The van der Waals surface area contributed by atoms with Crippen molar-refractivity contribution in [1.82, 2.24) is 10.2 Å². The van der Waals surface area contributed by atoms with Crippen LogP contribution in [0.4, 0.5) is 0 Å². The molecule has 0 aromatic carbocycles. The number of aliphatic hydroxyl groups excluding tert-OH is 1. The maximum absolute atomic E-state index is 12.2. The largest absolute Gasteiger partial charge is 0.394 e. The second-order valence-electron chi connectivity index (χ2n) is 6.31. The van der Waals surface area contributed by atoms with Gasteiger partial charge in [-0.25, -0.2) is 0 Å². The number of hydrogen-bond donors (Lipinski definition) is 2. The molecule has 19 heavy (non-hydrogen) atoms. The van der Waals surface area contributed by atoms with Crippen LogP contribution in [0.1, 0.15) is 40.5 Å². The van der Waals surface area contributed by atoms with Crippen LogP contribution in [0.3, 0.4) is 0 Å². The summed E-state index contributed by atoms with van der Waals surface area (Å²) in [5.41, 5.74) is -0.610. The van der Waals surface area contributed by atoms with Gasteiger partial charge in [0.2, 0.25) is 11.8 Å². The summed E-state index contributed by atoms with van der Waals surface area (Å²) < 4.78 is 0. The fourth-order valence-electron chi connectivity index (χ4n) is 2.23. The molecule has 1 aliphatic rings. The van der Waals surface area contributed by atoms with Crippen LogP contribution in [0.15, 0.2) is 0 Å². The average molecular weight is 270 g/mol. The Labute approximate surface area is 115 Å². The summed E-state index contributed by atoms with van der Waals surface area (Å²) in [6, 6.07) is 0. The smallest absolute Gasteiger partial charge is 0.225 e. The molecule has 1 rings (SSSR count). The van der Waals surface area contributed by atoms with Gasteiger partial charge in [-0.3, -0.25) is 9.59 Å². The number of aliphatic hydroxyl groups is 1. The number of carbonyl (C=O) groups excluding carboxylic acids is 2. The molecule has 0 bridgehead atoms. The first kappa shape index (κ1) is 16.0. The van der Waals surface area contributed by atoms with Crippen LogP contribution in [0.2, 0.25) is 0 Å². The Morgan fingerprint density at radius 3 is 2.58 bits per heavy atom. The van der Waals surface area contributed by atoms with Crippen molar-refractivity contribution in [3.63, 3.8) is 0 Å². The first-order chi connectivity index (χ1) is 8.76. The number of amides is 2. The molecule has 1 saturated heterocycles. The van der Waals surface area contributed by atoms with Gasteiger partial charge in [-0.05, 0) is 26.7 Å². The van der Waals surface area contributed by atoms with E-state index in [0.29, 0.717) is 6.54 Å². The standard InChI is InChI=1S/C14H26N2O3/c1-10(2)13(19)16-7-5-6-11(8-16)12(18)15-14(3,4)9-17/h10-11,17H,5-9H2,1-4H3,(H,15,18). The Morgan fingerprint density at radius 1 is 1.42 bits per heavy atom. The molecular weight excluding hydrogens is 244 g/mol. The van der Waals surface area contributed by atoms with E-state index in [-0.39, 0.29) is 30.3 Å². The van der Waals surface area contributed by atoms with Gasteiger partial charge in [0.05, 0.1) is 18.1 Å². The molecule has 0 aromatic heterocycles. The lowest BCUT2D eigenvalue weighted by molar-refractivity contribution is -0.138. The molecule has 0 saturated carbocycles. The predicted molar refractivity (Wildman–Crippen MR) is 73.4 cm³/mol. The Morgan fingerprint density at radius 2 is 2.05 bits per heavy atom. The monoisotopic (exact) mass is 270 g/mol. The van der Waals surface area contributed by atoms with Gasteiger partial charge in [0, 0.05) is 19.0 Å². The second kappa shape index (κ2) is 6.37. The third kappa shape index (κ3) is 4.49. The molecule has 1 unspecified atom stereocenters. The molecule has 1 fully saturated rings. The lowest BCUT2D eigenvalue weighted by atomic mass is 9.94. The van der Waals surface area contributed by atoms with Crippen LogP contribution in [-0.4, -0.2) is 47.1 Å². The van der Waals surface area contributed by atoms with Crippen molar-refractivity contribution in [2.24, 2.45) is 11.8 Å². The third-order valence-electron chi connectivity index (χ3n) is 3.45. The maximum atomic E-state index is 12.2. The molecule has 5 heteroatoms. The van der Waals surface area contributed by atoms with Gasteiger partial charge < -0.3 is 15.3 Å². The molecule has 0 spiro atoms. The molecule has 2 N–H and O–H groups in total. The van der Waals surface area contributed by atoms with Crippen molar-refractivity contribution in [2.45, 2.75) is 46.1 Å². The molecule has 1 aliphatic heterocycles. The summed E-state index contributed by atoms with van der Waals surface area (Å²) in [6.07, 6.45) is 1.66. The molecular formula is C14H26N2O3. The van der Waals surface area contributed by atoms with Crippen LogP contribution < -0.4 is 5.32 Å². The number of piperidine rings is 1. The second-order valence-corrected chi connectivity index (χ2v) is 6.31. The van der Waals surface area contributed by atoms with Crippen LogP contribution in [-0.2, 0) is 9.59 Å². The van der Waals surface area contributed by atoms with Gasteiger partial charge in [-0.15, -0.1) is 0 Å². The Bertz CT molecular complexity index is 340. The fourth-order valence-corrected chi connectivity index (χ4v) is 2.23. The highest BCUT2D eigenvalue weighted by Gasteiger charge is 2.31. The van der Waals surface area contributed by atoms with Crippen LogP contribution in [0, 0.1) is 11.8 Å². The molecule has 1 heterocycles. The topological polar surface area (TPSA) is 69.6 Å². The number of rotatable bonds is 4. The van der Waals surface area contributed by atoms with Gasteiger partial charge in [0.25, 0.3) is 0 Å². The maximum Gasteiger partial charge on any atom is 0.225 e. The third-order valence-corrected chi connectivity index (χ3v) is 3.45. The Kier molecular flexibility index (Phi) is 5.35. The SMILES string of the molecule is CC(C)C(=O)N1CCCC(C(=O)NC(C)(C)CO)C1. The quantitative estimate of drug-likeness (QED) is 0.792. The fraction of sp³-hybridized carbons (Fsp3) is 0.857. The zero-order valence-corrected chi connectivity index (χ0v) is 12.4. The summed E-state index contributed by atoms with van der Waals surface area (Å²) in [4.78, 5) is 25.9. The van der Waals surface area contributed by atoms with Crippen molar-refractivity contribution < 1.29 is 14.7 Å². The van der Waals surface area contributed by atoms with Gasteiger partial charge in [-0.1, -0.05) is 13.8 Å². The van der Waals surface area contributed by atoms with Crippen molar-refractivity contribution in [3.8, 4) is 0 Å². The Balaban J connectivity index is 2.60. The number of nitrogens with one attached hydrogen (secondary N) is 1. The number of hydrogen-bond acceptors (Lipinski definition) is 3. The minimum Gasteiger partial charge on any atom is -0.394 e. The molecule has 0 aromatic rings. The highest BCUT2D eigenvalue weighted by atomic mass is 16.3. The van der Waals surface area contributed by atoms with E-state index in [9.17, 15) is 14.7 Å². The summed E-state index contributed by atoms with van der Waals surface area (Å²) in [6.45, 7) is 8.45. The average Bonchev–Trinajstić information content (AvgIpc) is 2.37. The molecule has 2 amide bonds. The van der Waals surface area contributed by atoms with E-state index in [1.54, 1.807) is 18.7 Å². The van der Waals surface area contributed by atoms with E-state index in [1.165, 1.54) is 0 Å². The van der Waals surface area contributed by atoms with E-state index in [4.69, 9.17) is 0 Å². The normalized spacial score (nSPS) is 20.5. The minimum absolute atomic E-state index is 0.0318. The number of nitrogens with zero attached hydrogens (tertiary/aromatic N) is 1. The van der Waals surface area contributed by atoms with Gasteiger partial charge in [-0.2, -0.15) is 0 Å². The van der Waals surface area contributed by atoms with Crippen molar-refractivity contribution in [2.75, 3.05) is 19.7 Å². The molecule has 110 valence electrons. The first-order valence-corrected chi connectivity index (χ1v) is 6.98. The molecule has 1 atom stereocenters. The van der Waals surface area contributed by atoms with Gasteiger partial charge in [0.15, 0.2) is 0 Å². The van der Waals surface area contributed by atoms with E-state index >= 15 is 0 Å². The number of likely N-dealkylation sites (tertiary alicyclic amines) is 1. The van der Waals surface area contributed by atoms with Crippen LogP contribution >= 0.6 is 0 Å². The summed E-state index contributed by atoms with van der Waals surface area (Å²) in [5.74, 6) is -0.155.